The minimum atomic E-state index is -0.734. The number of amides is 1. The highest BCUT2D eigenvalue weighted by molar-refractivity contribution is 5.95. The highest BCUT2D eigenvalue weighted by Gasteiger charge is 2.19. The molecule has 3 aromatic rings. The summed E-state index contributed by atoms with van der Waals surface area (Å²) >= 11 is 0. The van der Waals surface area contributed by atoms with Gasteiger partial charge in [-0.2, -0.15) is 5.10 Å². The van der Waals surface area contributed by atoms with Crippen molar-refractivity contribution in [3.8, 4) is 11.5 Å². The number of nitro groups is 1. The molecular weight excluding hydrogens is 376 g/mol. The van der Waals surface area contributed by atoms with Gasteiger partial charge >= 0.3 is 5.69 Å². The molecule has 9 nitrogen and oxygen atoms in total. The lowest BCUT2D eigenvalue weighted by Gasteiger charge is -2.09. The third kappa shape index (κ3) is 4.59. The van der Waals surface area contributed by atoms with Gasteiger partial charge in [0.25, 0.3) is 5.91 Å². The van der Waals surface area contributed by atoms with E-state index in [0.717, 1.165) is 22.5 Å². The molecule has 29 heavy (non-hydrogen) atoms. The minimum absolute atomic E-state index is 0.00953. The third-order valence-corrected chi connectivity index (χ3v) is 4.13. The Bertz CT molecular complexity index is 1090. The van der Waals surface area contributed by atoms with Crippen molar-refractivity contribution < 1.29 is 19.6 Å². The number of ether oxygens (including phenoxy) is 1. The molecule has 0 radical (unpaired) electrons. The fourth-order valence-corrected chi connectivity index (χ4v) is 2.76. The topological polar surface area (TPSA) is 126 Å². The highest BCUT2D eigenvalue weighted by Crippen LogP contribution is 2.36. The molecule has 0 aliphatic heterocycles. The van der Waals surface area contributed by atoms with Crippen molar-refractivity contribution in [2.45, 2.75) is 0 Å². The number of nitrogens with zero attached hydrogens (tertiary/aromatic N) is 2. The summed E-state index contributed by atoms with van der Waals surface area (Å²) in [6.45, 7) is -0.00953. The monoisotopic (exact) mass is 394 g/mol. The molecule has 0 spiro atoms. The molecule has 0 aliphatic carbocycles. The molecule has 9 heteroatoms. The van der Waals surface area contributed by atoms with Gasteiger partial charge in [0.2, 0.25) is 5.75 Å². The molecule has 3 N–H and O–H groups in total. The van der Waals surface area contributed by atoms with Crippen LogP contribution in [-0.2, 0) is 4.79 Å². The number of phenols is 1. The number of fused-ring (bicyclic) bond motifs is 1. The van der Waals surface area contributed by atoms with E-state index in [0.29, 0.717) is 0 Å². The molecule has 0 bridgehead atoms. The summed E-state index contributed by atoms with van der Waals surface area (Å²) in [5, 5.41) is 29.7. The van der Waals surface area contributed by atoms with E-state index in [-0.39, 0.29) is 17.9 Å². The molecule has 0 aromatic heterocycles. The molecule has 1 amide bonds. The van der Waals surface area contributed by atoms with Gasteiger partial charge in [0.1, 0.15) is 0 Å². The second-order valence-corrected chi connectivity index (χ2v) is 6.02. The predicted molar refractivity (Wildman–Crippen MR) is 109 cm³/mol. The number of hydrogen-bond donors (Lipinski definition) is 3. The van der Waals surface area contributed by atoms with Gasteiger partial charge in [0.05, 0.1) is 24.8 Å². The van der Waals surface area contributed by atoms with E-state index in [2.05, 4.69) is 15.8 Å². The molecule has 0 heterocycles. The molecule has 3 aromatic carbocycles. The van der Waals surface area contributed by atoms with E-state index in [1.165, 1.54) is 19.4 Å². The fourth-order valence-electron chi connectivity index (χ4n) is 2.76. The van der Waals surface area contributed by atoms with Crippen molar-refractivity contribution in [3.63, 3.8) is 0 Å². The zero-order valence-electron chi connectivity index (χ0n) is 15.5. The summed E-state index contributed by atoms with van der Waals surface area (Å²) in [5.41, 5.74) is 2.93. The Morgan fingerprint density at radius 2 is 2.00 bits per heavy atom. The molecular formula is C20H18N4O5. The van der Waals surface area contributed by atoms with Crippen LogP contribution in [0.15, 0.2) is 59.7 Å². The number of nitrogens with one attached hydrogen (secondary N) is 2. The molecule has 0 atom stereocenters. The van der Waals surface area contributed by atoms with Crippen LogP contribution >= 0.6 is 0 Å². The Balaban J connectivity index is 1.64. The second-order valence-electron chi connectivity index (χ2n) is 6.02. The first-order valence-corrected chi connectivity index (χ1v) is 8.58. The average Bonchev–Trinajstić information content (AvgIpc) is 2.73. The first-order valence-electron chi connectivity index (χ1n) is 8.58. The lowest BCUT2D eigenvalue weighted by atomic mass is 10.1. The molecule has 3 rings (SSSR count). The number of hydrogen-bond acceptors (Lipinski definition) is 7. The molecule has 0 unspecified atom stereocenters. The number of nitro benzene ring substituents is 1. The van der Waals surface area contributed by atoms with Gasteiger partial charge in [-0.05, 0) is 17.5 Å². The normalized spacial score (nSPS) is 10.8. The van der Waals surface area contributed by atoms with Crippen LogP contribution in [0.1, 0.15) is 5.56 Å². The Kier molecular flexibility index (Phi) is 5.88. The van der Waals surface area contributed by atoms with E-state index in [9.17, 15) is 20.0 Å². The van der Waals surface area contributed by atoms with Crippen molar-refractivity contribution in [3.05, 3.63) is 70.3 Å². The Morgan fingerprint density at radius 3 is 2.76 bits per heavy atom. The number of carbonyl (C=O) groups is 1. The number of carbonyl (C=O) groups excluding carboxylic acids is 1. The van der Waals surface area contributed by atoms with Crippen LogP contribution in [0.5, 0.6) is 11.5 Å². The van der Waals surface area contributed by atoms with E-state index >= 15 is 0 Å². The van der Waals surface area contributed by atoms with Gasteiger partial charge in [-0.1, -0.05) is 36.4 Å². The van der Waals surface area contributed by atoms with Gasteiger partial charge in [-0.25, -0.2) is 5.43 Å². The number of hydrazone groups is 1. The summed E-state index contributed by atoms with van der Waals surface area (Å²) in [6, 6.07) is 16.0. The lowest BCUT2D eigenvalue weighted by molar-refractivity contribution is -0.386. The maximum absolute atomic E-state index is 12.0. The van der Waals surface area contributed by atoms with Crippen LogP contribution in [0.25, 0.3) is 10.8 Å². The maximum atomic E-state index is 12.0. The quantitative estimate of drug-likeness (QED) is 0.321. The maximum Gasteiger partial charge on any atom is 0.315 e. The fraction of sp³-hybridized carbons (Fsp3) is 0.100. The molecule has 0 fully saturated rings. The molecule has 0 saturated heterocycles. The van der Waals surface area contributed by atoms with Crippen molar-refractivity contribution in [1.29, 1.82) is 0 Å². The number of phenolic OH excluding ortho intramolecular Hbond substituents is 1. The van der Waals surface area contributed by atoms with Crippen molar-refractivity contribution in [2.75, 3.05) is 19.0 Å². The number of methoxy groups -OCH3 is 1. The first-order chi connectivity index (χ1) is 14.0. The van der Waals surface area contributed by atoms with E-state index in [4.69, 9.17) is 4.74 Å². The lowest BCUT2D eigenvalue weighted by Crippen LogP contribution is -2.25. The number of benzene rings is 3. The summed E-state index contributed by atoms with van der Waals surface area (Å²) < 4.78 is 4.91. The zero-order valence-corrected chi connectivity index (χ0v) is 15.5. The first kappa shape index (κ1) is 19.6. The zero-order chi connectivity index (χ0) is 20.8. The average molecular weight is 394 g/mol. The van der Waals surface area contributed by atoms with Crippen molar-refractivity contribution in [2.24, 2.45) is 5.10 Å². The van der Waals surface area contributed by atoms with Crippen LogP contribution < -0.4 is 15.5 Å². The largest absolute Gasteiger partial charge is 0.500 e. The Hall–Kier alpha value is -4.14. The number of rotatable bonds is 7. The third-order valence-electron chi connectivity index (χ3n) is 4.13. The van der Waals surface area contributed by atoms with Crippen LogP contribution in [0, 0.1) is 10.1 Å². The second kappa shape index (κ2) is 8.70. The molecule has 0 saturated carbocycles. The summed E-state index contributed by atoms with van der Waals surface area (Å²) in [6.07, 6.45) is 1.23. The molecule has 0 aliphatic rings. The SMILES string of the molecule is COc1cc(/C=N/NC(=O)CNc2cccc3ccccc23)cc([N+](=O)[O-])c1O. The Labute approximate surface area is 165 Å². The van der Waals surface area contributed by atoms with Crippen LogP contribution in [0.4, 0.5) is 11.4 Å². The van der Waals surface area contributed by atoms with Crippen LogP contribution in [0.3, 0.4) is 0 Å². The highest BCUT2D eigenvalue weighted by atomic mass is 16.6. The van der Waals surface area contributed by atoms with Gasteiger partial charge in [-0.3, -0.25) is 14.9 Å². The van der Waals surface area contributed by atoms with E-state index in [1.807, 2.05) is 42.5 Å². The van der Waals surface area contributed by atoms with Crippen molar-refractivity contribution >= 4 is 34.3 Å². The van der Waals surface area contributed by atoms with Crippen LogP contribution in [-0.4, -0.2) is 35.8 Å². The Morgan fingerprint density at radius 1 is 1.24 bits per heavy atom. The van der Waals surface area contributed by atoms with Crippen LogP contribution in [0.2, 0.25) is 0 Å². The van der Waals surface area contributed by atoms with Gasteiger partial charge in [0, 0.05) is 22.7 Å². The smallest absolute Gasteiger partial charge is 0.315 e. The standard InChI is InChI=1S/C20H18N4O5/c1-29-18-10-13(9-17(20(18)26)24(27)28)11-22-23-19(25)12-21-16-8-4-6-14-5-2-3-7-15(14)16/h2-11,21,26H,12H2,1H3,(H,23,25)/b22-11+. The predicted octanol–water partition coefficient (Wildman–Crippen LogP) is 3.02. The van der Waals surface area contributed by atoms with Gasteiger partial charge < -0.3 is 15.2 Å². The van der Waals surface area contributed by atoms with E-state index in [1.54, 1.807) is 0 Å². The van der Waals surface area contributed by atoms with Gasteiger partial charge in [0.15, 0.2) is 5.75 Å². The van der Waals surface area contributed by atoms with Gasteiger partial charge in [-0.15, -0.1) is 0 Å². The summed E-state index contributed by atoms with van der Waals surface area (Å²) in [7, 11) is 1.28. The van der Waals surface area contributed by atoms with Crippen molar-refractivity contribution in [1.82, 2.24) is 5.43 Å². The number of aromatic hydroxyl groups is 1. The molecule has 148 valence electrons. The summed E-state index contributed by atoms with van der Waals surface area (Å²) in [4.78, 5) is 22.3. The number of anilines is 1. The minimum Gasteiger partial charge on any atom is -0.500 e. The summed E-state index contributed by atoms with van der Waals surface area (Å²) in [5.74, 6) is -1.03. The van der Waals surface area contributed by atoms with E-state index < -0.39 is 22.3 Å².